The van der Waals surface area contributed by atoms with E-state index in [0.717, 1.165) is 22.3 Å². The van der Waals surface area contributed by atoms with Crippen molar-refractivity contribution >= 4 is 26.9 Å². The lowest BCUT2D eigenvalue weighted by atomic mass is 9.96. The summed E-state index contributed by atoms with van der Waals surface area (Å²) in [6.45, 7) is 5.15. The molecule has 0 fully saturated rings. The standard InChI is InChI=1S/C20H21NO3S/c1-4-21-13-18(15-9-11-17(12-10-15)25(3,23)24)19(20(21)22)16-7-5-14(2)6-8-16/h5-12H,4,13H2,1-3H3. The highest BCUT2D eigenvalue weighted by Crippen LogP contribution is 2.34. The number of hydrogen-bond donors (Lipinski definition) is 0. The van der Waals surface area contributed by atoms with Gasteiger partial charge in [0.25, 0.3) is 5.91 Å². The van der Waals surface area contributed by atoms with E-state index in [2.05, 4.69) is 0 Å². The fourth-order valence-corrected chi connectivity index (χ4v) is 3.67. The molecule has 2 aromatic carbocycles. The third kappa shape index (κ3) is 3.37. The SMILES string of the molecule is CCN1CC(c2ccc(S(C)(=O)=O)cc2)=C(c2ccc(C)cc2)C1=O. The van der Waals surface area contributed by atoms with Gasteiger partial charge in [-0.1, -0.05) is 42.0 Å². The molecule has 25 heavy (non-hydrogen) atoms. The zero-order valence-electron chi connectivity index (χ0n) is 14.6. The van der Waals surface area contributed by atoms with Crippen LogP contribution in [0.2, 0.25) is 0 Å². The molecule has 0 spiro atoms. The zero-order valence-corrected chi connectivity index (χ0v) is 15.4. The van der Waals surface area contributed by atoms with Crippen molar-refractivity contribution < 1.29 is 13.2 Å². The monoisotopic (exact) mass is 355 g/mol. The summed E-state index contributed by atoms with van der Waals surface area (Å²) in [5, 5.41) is 0. The quantitative estimate of drug-likeness (QED) is 0.846. The van der Waals surface area contributed by atoms with Crippen LogP contribution >= 0.6 is 0 Å². The van der Waals surface area contributed by atoms with Crippen LogP contribution in [0.25, 0.3) is 11.1 Å². The Morgan fingerprint density at radius 3 is 2.04 bits per heavy atom. The van der Waals surface area contributed by atoms with Gasteiger partial charge in [-0.05, 0) is 42.7 Å². The predicted molar refractivity (Wildman–Crippen MR) is 99.8 cm³/mol. The van der Waals surface area contributed by atoms with Crippen molar-refractivity contribution in [2.24, 2.45) is 0 Å². The highest BCUT2D eigenvalue weighted by atomic mass is 32.2. The third-order valence-corrected chi connectivity index (χ3v) is 5.63. The first-order valence-electron chi connectivity index (χ1n) is 8.21. The number of aryl methyl sites for hydroxylation is 1. The molecular formula is C20H21NO3S. The van der Waals surface area contributed by atoms with Gasteiger partial charge >= 0.3 is 0 Å². The fraction of sp³-hybridized carbons (Fsp3) is 0.250. The molecule has 0 bridgehead atoms. The van der Waals surface area contributed by atoms with Crippen LogP contribution in [-0.4, -0.2) is 38.6 Å². The van der Waals surface area contributed by atoms with Crippen molar-refractivity contribution in [3.63, 3.8) is 0 Å². The molecule has 4 nitrogen and oxygen atoms in total. The molecular weight excluding hydrogens is 334 g/mol. The van der Waals surface area contributed by atoms with Crippen LogP contribution in [-0.2, 0) is 14.6 Å². The van der Waals surface area contributed by atoms with Crippen LogP contribution in [0, 0.1) is 6.92 Å². The van der Waals surface area contributed by atoms with Crippen molar-refractivity contribution in [1.29, 1.82) is 0 Å². The molecule has 0 atom stereocenters. The van der Waals surface area contributed by atoms with Crippen molar-refractivity contribution in [1.82, 2.24) is 4.90 Å². The predicted octanol–water partition coefficient (Wildman–Crippen LogP) is 3.17. The molecule has 0 aliphatic carbocycles. The van der Waals surface area contributed by atoms with Crippen molar-refractivity contribution in [2.45, 2.75) is 18.7 Å². The van der Waals surface area contributed by atoms with E-state index in [9.17, 15) is 13.2 Å². The van der Waals surface area contributed by atoms with E-state index < -0.39 is 9.84 Å². The van der Waals surface area contributed by atoms with Gasteiger partial charge in [-0.2, -0.15) is 0 Å². The second-order valence-electron chi connectivity index (χ2n) is 6.34. The Balaban J connectivity index is 2.11. The zero-order chi connectivity index (χ0) is 18.2. The average Bonchev–Trinajstić information content (AvgIpc) is 2.91. The lowest BCUT2D eigenvalue weighted by Crippen LogP contribution is -2.26. The minimum atomic E-state index is -3.23. The summed E-state index contributed by atoms with van der Waals surface area (Å²) in [5.41, 5.74) is 4.56. The Hall–Kier alpha value is -2.40. The topological polar surface area (TPSA) is 54.5 Å². The molecule has 0 unspecified atom stereocenters. The molecule has 2 aromatic rings. The molecule has 0 radical (unpaired) electrons. The summed E-state index contributed by atoms with van der Waals surface area (Å²) in [6.07, 6.45) is 1.19. The number of carbonyl (C=O) groups excluding carboxylic acids is 1. The Labute approximate surface area is 148 Å². The first kappa shape index (κ1) is 17.4. The second kappa shape index (κ2) is 6.48. The lowest BCUT2D eigenvalue weighted by molar-refractivity contribution is -0.123. The molecule has 1 aliphatic heterocycles. The van der Waals surface area contributed by atoms with Crippen molar-refractivity contribution in [3.8, 4) is 0 Å². The minimum absolute atomic E-state index is 0.0218. The van der Waals surface area contributed by atoms with Crippen LogP contribution in [0.1, 0.15) is 23.6 Å². The van der Waals surface area contributed by atoms with Gasteiger partial charge < -0.3 is 4.90 Å². The Bertz CT molecular complexity index is 939. The van der Waals surface area contributed by atoms with Crippen molar-refractivity contribution in [2.75, 3.05) is 19.3 Å². The third-order valence-electron chi connectivity index (χ3n) is 4.50. The number of carbonyl (C=O) groups is 1. The van der Waals surface area contributed by atoms with Gasteiger partial charge in [-0.25, -0.2) is 8.42 Å². The normalized spacial score (nSPS) is 15.2. The molecule has 0 aromatic heterocycles. The highest BCUT2D eigenvalue weighted by Gasteiger charge is 2.30. The van der Waals surface area contributed by atoms with E-state index in [-0.39, 0.29) is 10.8 Å². The molecule has 1 aliphatic rings. The number of hydrogen-bond acceptors (Lipinski definition) is 3. The minimum Gasteiger partial charge on any atom is -0.335 e. The van der Waals surface area contributed by atoms with E-state index in [0.29, 0.717) is 18.7 Å². The van der Waals surface area contributed by atoms with Gasteiger partial charge in [0.2, 0.25) is 0 Å². The first-order chi connectivity index (χ1) is 11.8. The number of nitrogens with zero attached hydrogens (tertiary/aromatic N) is 1. The lowest BCUT2D eigenvalue weighted by Gasteiger charge is -2.13. The number of likely N-dealkylation sites (N-methyl/N-ethyl adjacent to an activating group) is 1. The number of benzene rings is 2. The summed E-state index contributed by atoms with van der Waals surface area (Å²) < 4.78 is 23.3. The average molecular weight is 355 g/mol. The van der Waals surface area contributed by atoms with Crippen molar-refractivity contribution in [3.05, 3.63) is 65.2 Å². The fourth-order valence-electron chi connectivity index (χ4n) is 3.04. The maximum absolute atomic E-state index is 12.8. The number of amides is 1. The van der Waals surface area contributed by atoms with Gasteiger partial charge in [-0.15, -0.1) is 0 Å². The molecule has 0 saturated carbocycles. The van der Waals surface area contributed by atoms with Gasteiger partial charge in [0.1, 0.15) is 0 Å². The van der Waals surface area contributed by atoms with Gasteiger partial charge in [-0.3, -0.25) is 4.79 Å². The molecule has 130 valence electrons. The van der Waals surface area contributed by atoms with Crippen LogP contribution in [0.4, 0.5) is 0 Å². The Morgan fingerprint density at radius 1 is 0.960 bits per heavy atom. The number of sulfone groups is 1. The van der Waals surface area contributed by atoms with Gasteiger partial charge in [0.05, 0.1) is 10.5 Å². The molecule has 3 rings (SSSR count). The summed E-state index contributed by atoms with van der Waals surface area (Å²) >= 11 is 0. The van der Waals surface area contributed by atoms with E-state index >= 15 is 0 Å². The molecule has 1 heterocycles. The van der Waals surface area contributed by atoms with Crippen LogP contribution in [0.3, 0.4) is 0 Å². The second-order valence-corrected chi connectivity index (χ2v) is 8.35. The molecule has 0 N–H and O–H groups in total. The maximum Gasteiger partial charge on any atom is 0.255 e. The smallest absolute Gasteiger partial charge is 0.255 e. The van der Waals surface area contributed by atoms with E-state index in [1.807, 2.05) is 38.1 Å². The van der Waals surface area contributed by atoms with Crippen LogP contribution in [0.15, 0.2) is 53.4 Å². The van der Waals surface area contributed by atoms with E-state index in [1.54, 1.807) is 29.2 Å². The van der Waals surface area contributed by atoms with Gasteiger partial charge in [0, 0.05) is 19.3 Å². The van der Waals surface area contributed by atoms with Gasteiger partial charge in [0.15, 0.2) is 9.84 Å². The maximum atomic E-state index is 12.8. The highest BCUT2D eigenvalue weighted by molar-refractivity contribution is 7.90. The molecule has 0 saturated heterocycles. The summed E-state index contributed by atoms with van der Waals surface area (Å²) in [5.74, 6) is 0.0218. The molecule has 5 heteroatoms. The number of rotatable bonds is 4. The van der Waals surface area contributed by atoms with E-state index in [1.165, 1.54) is 6.26 Å². The van der Waals surface area contributed by atoms with Crippen LogP contribution in [0.5, 0.6) is 0 Å². The Morgan fingerprint density at radius 2 is 1.52 bits per heavy atom. The Kier molecular flexibility index (Phi) is 4.52. The summed E-state index contributed by atoms with van der Waals surface area (Å²) in [6, 6.07) is 14.7. The van der Waals surface area contributed by atoms with Crippen LogP contribution < -0.4 is 0 Å². The van der Waals surface area contributed by atoms with E-state index in [4.69, 9.17) is 0 Å². The summed E-state index contributed by atoms with van der Waals surface area (Å²) in [4.78, 5) is 14.9. The molecule has 1 amide bonds. The largest absolute Gasteiger partial charge is 0.335 e. The first-order valence-corrected chi connectivity index (χ1v) is 10.1. The summed E-state index contributed by atoms with van der Waals surface area (Å²) in [7, 11) is -3.23.